The van der Waals surface area contributed by atoms with E-state index in [-0.39, 0.29) is 47.7 Å². The highest BCUT2D eigenvalue weighted by Gasteiger charge is 2.43. The number of likely N-dealkylation sites (N-methyl/N-ethyl adjacent to an activating group) is 1. The number of allylic oxidation sites excluding steroid dienone is 3. The van der Waals surface area contributed by atoms with Crippen LogP contribution in [0.1, 0.15) is 79.3 Å². The van der Waals surface area contributed by atoms with Gasteiger partial charge in [-0.1, -0.05) is 12.2 Å². The Morgan fingerprint density at radius 2 is 1.96 bits per heavy atom. The molecular weight excluding hydrogens is 582 g/mol. The largest absolute Gasteiger partial charge is 0.459 e. The molecule has 1 aliphatic carbocycles. The second kappa shape index (κ2) is 14.0. The Morgan fingerprint density at radius 3 is 2.52 bits per heavy atom. The Morgan fingerprint density at radius 1 is 1.28 bits per heavy atom. The number of ether oxygens (including phenoxy) is 1. The fourth-order valence-corrected chi connectivity index (χ4v) is 7.38. The molecule has 0 unspecified atom stereocenters. The number of anilines is 1. The lowest BCUT2D eigenvalue weighted by atomic mass is 9.68. The number of hydrogen-bond donors (Lipinski definition) is 3. The highest BCUT2D eigenvalue weighted by atomic mass is 16.5. The average Bonchev–Trinajstić information content (AvgIpc) is 3.44. The second-order valence-electron chi connectivity index (χ2n) is 13.3. The van der Waals surface area contributed by atoms with Crippen LogP contribution in [0, 0.1) is 22.2 Å². The molecular formula is C34H49N9O3. The first-order chi connectivity index (χ1) is 21.7. The fourth-order valence-electron chi connectivity index (χ4n) is 7.38. The van der Waals surface area contributed by atoms with E-state index in [2.05, 4.69) is 39.8 Å². The molecule has 12 heteroatoms. The van der Waals surface area contributed by atoms with Gasteiger partial charge in [0.05, 0.1) is 11.0 Å². The van der Waals surface area contributed by atoms with Crippen LogP contribution in [-0.2, 0) is 9.59 Å². The van der Waals surface area contributed by atoms with Crippen molar-refractivity contribution in [3.63, 3.8) is 0 Å². The molecule has 1 aromatic rings. The molecule has 0 aromatic carbocycles. The van der Waals surface area contributed by atoms with Crippen molar-refractivity contribution in [1.29, 1.82) is 10.7 Å². The quantitative estimate of drug-likeness (QED) is 0.168. The fraction of sp³-hybridized carbons (Fsp3) is 0.588. The first-order valence-corrected chi connectivity index (χ1v) is 16.1. The minimum atomic E-state index is -1.06. The Labute approximate surface area is 272 Å². The maximum absolute atomic E-state index is 14.0. The summed E-state index contributed by atoms with van der Waals surface area (Å²) in [6, 6.07) is 3.98. The Kier molecular flexibility index (Phi) is 10.6. The molecule has 0 spiro atoms. The number of amidine groups is 1. The number of carbonyl (C=O) groups excluding carboxylic acids is 2. The van der Waals surface area contributed by atoms with Crippen LogP contribution >= 0.6 is 0 Å². The third-order valence-corrected chi connectivity index (χ3v) is 9.73. The van der Waals surface area contributed by atoms with E-state index in [1.165, 1.54) is 6.08 Å². The number of piperazine rings is 1. The minimum Gasteiger partial charge on any atom is -0.459 e. The van der Waals surface area contributed by atoms with Gasteiger partial charge in [-0.2, -0.15) is 15.2 Å². The van der Waals surface area contributed by atoms with Gasteiger partial charge >= 0.3 is 6.01 Å². The van der Waals surface area contributed by atoms with Crippen LogP contribution in [0.4, 0.5) is 5.82 Å². The molecule has 0 bridgehead atoms. The summed E-state index contributed by atoms with van der Waals surface area (Å²) in [6.45, 7) is 17.0. The first kappa shape index (κ1) is 34.6. The average molecular weight is 632 g/mol. The zero-order chi connectivity index (χ0) is 33.9. The zero-order valence-electron chi connectivity index (χ0n) is 28.3. The number of likely N-dealkylation sites (tertiary alicyclic amines) is 1. The van der Waals surface area contributed by atoms with Gasteiger partial charge in [-0.25, -0.2) is 0 Å². The summed E-state index contributed by atoms with van der Waals surface area (Å²) in [7, 11) is 2.08. The summed E-state index contributed by atoms with van der Waals surface area (Å²) >= 11 is 0. The van der Waals surface area contributed by atoms with E-state index in [4.69, 9.17) is 20.9 Å². The van der Waals surface area contributed by atoms with Gasteiger partial charge in [0.25, 0.3) is 0 Å². The molecule has 5 atom stereocenters. The number of carbonyl (C=O) groups is 2. The lowest BCUT2D eigenvalue weighted by molar-refractivity contribution is -0.130. The lowest BCUT2D eigenvalue weighted by Crippen LogP contribution is -2.58. The predicted molar refractivity (Wildman–Crippen MR) is 178 cm³/mol. The number of aromatic nitrogens is 2. The Hall–Kier alpha value is -4.24. The molecule has 2 aliphatic heterocycles. The highest BCUT2D eigenvalue weighted by molar-refractivity contribution is 6.08. The summed E-state index contributed by atoms with van der Waals surface area (Å²) in [5, 5.41) is 21.7. The Balaban J connectivity index is 1.67. The number of nitrogens with zero attached hydrogens (tertiary/aromatic N) is 6. The molecule has 4 rings (SSSR count). The van der Waals surface area contributed by atoms with Gasteiger partial charge in [0.15, 0.2) is 5.84 Å². The third-order valence-electron chi connectivity index (χ3n) is 9.73. The predicted octanol–water partition coefficient (Wildman–Crippen LogP) is 3.65. The van der Waals surface area contributed by atoms with Crippen LogP contribution < -0.4 is 20.7 Å². The van der Waals surface area contributed by atoms with Crippen molar-refractivity contribution in [2.75, 3.05) is 31.6 Å². The normalized spacial score (nSPS) is 26.6. The summed E-state index contributed by atoms with van der Waals surface area (Å²) < 4.78 is 6.32. The van der Waals surface area contributed by atoms with Crippen LogP contribution in [0.2, 0.25) is 0 Å². The van der Waals surface area contributed by atoms with Crippen LogP contribution in [0.15, 0.2) is 41.1 Å². The molecule has 3 heterocycles. The van der Waals surface area contributed by atoms with Crippen molar-refractivity contribution in [2.24, 2.45) is 11.1 Å². The molecule has 0 saturated carbocycles. The van der Waals surface area contributed by atoms with E-state index < -0.39 is 11.3 Å². The van der Waals surface area contributed by atoms with Crippen molar-refractivity contribution in [3.8, 4) is 12.1 Å². The molecule has 2 fully saturated rings. The molecule has 2 saturated heterocycles. The van der Waals surface area contributed by atoms with E-state index in [9.17, 15) is 14.9 Å². The van der Waals surface area contributed by atoms with Crippen LogP contribution in [0.25, 0.3) is 0 Å². The number of rotatable bonds is 8. The molecule has 12 nitrogen and oxygen atoms in total. The number of nitrogens with one attached hydrogen (secondary N) is 2. The molecule has 3 aliphatic rings. The van der Waals surface area contributed by atoms with Crippen molar-refractivity contribution in [2.45, 2.75) is 97.9 Å². The zero-order valence-corrected chi connectivity index (χ0v) is 28.3. The number of nitriles is 1. The third kappa shape index (κ3) is 6.94. The van der Waals surface area contributed by atoms with Gasteiger partial charge in [-0.3, -0.25) is 19.9 Å². The van der Waals surface area contributed by atoms with Gasteiger partial charge in [-0.15, -0.1) is 0 Å². The monoisotopic (exact) mass is 631 g/mol. The standard InChI is InChI=1S/C34H49N9O3/c1-9-29(44)43-21(3)18-42(19-22(43)4)28-16-26(38-33(39-28)46-24(6)27-13-11-15-41(27)8)31(37)40-32(45)34(7)14-10-12-20(2)30(34)25(17-35)23(5)36/h9,16,21-22,24,27H,1,10-15,18-19,36H2,2-8H3,(H2,37,40,45)/b25-23+/t21-,22-,24-,27-,34-/m0/s1. The number of hydrogen-bond acceptors (Lipinski definition) is 10. The van der Waals surface area contributed by atoms with Crippen molar-refractivity contribution < 1.29 is 14.3 Å². The molecule has 4 N–H and O–H groups in total. The van der Waals surface area contributed by atoms with Gasteiger partial charge in [0.2, 0.25) is 11.8 Å². The SMILES string of the molecule is C=CC(=O)N1[C@@H](C)CN(c2cc(C(=N)NC(=O)[C@@]3(C)CCCC(C)=C3/C(C#N)=C(\C)N)nc(O[C@@H](C)[C@@H]3CCCN3C)n2)C[C@@H]1C. The van der Waals surface area contributed by atoms with Gasteiger partial charge < -0.3 is 25.6 Å². The maximum Gasteiger partial charge on any atom is 0.319 e. The van der Waals surface area contributed by atoms with Gasteiger partial charge in [0, 0.05) is 43.0 Å². The van der Waals surface area contributed by atoms with Crippen LogP contribution in [-0.4, -0.2) is 88.3 Å². The van der Waals surface area contributed by atoms with E-state index in [1.54, 1.807) is 19.9 Å². The summed E-state index contributed by atoms with van der Waals surface area (Å²) in [5.74, 6) is -0.168. The van der Waals surface area contributed by atoms with E-state index in [0.29, 0.717) is 42.2 Å². The topological polar surface area (TPSA) is 165 Å². The second-order valence-corrected chi connectivity index (χ2v) is 13.3. The molecule has 1 aromatic heterocycles. The van der Waals surface area contributed by atoms with Crippen molar-refractivity contribution in [1.82, 2.24) is 25.1 Å². The molecule has 248 valence electrons. The van der Waals surface area contributed by atoms with Crippen molar-refractivity contribution >= 4 is 23.5 Å². The van der Waals surface area contributed by atoms with Crippen LogP contribution in [0.5, 0.6) is 6.01 Å². The van der Waals surface area contributed by atoms with Crippen LogP contribution in [0.3, 0.4) is 0 Å². The highest BCUT2D eigenvalue weighted by Crippen LogP contribution is 2.44. The smallest absolute Gasteiger partial charge is 0.319 e. The Bertz CT molecular complexity index is 1480. The van der Waals surface area contributed by atoms with E-state index >= 15 is 0 Å². The van der Waals surface area contributed by atoms with E-state index in [0.717, 1.165) is 37.8 Å². The molecule has 2 amide bonds. The lowest BCUT2D eigenvalue weighted by Gasteiger charge is -2.44. The first-order valence-electron chi connectivity index (χ1n) is 16.1. The minimum absolute atomic E-state index is 0.115. The van der Waals surface area contributed by atoms with Crippen molar-refractivity contribution in [3.05, 3.63) is 46.8 Å². The maximum atomic E-state index is 14.0. The molecule has 0 radical (unpaired) electrons. The van der Waals surface area contributed by atoms with Gasteiger partial charge in [-0.05, 0) is 98.9 Å². The summed E-state index contributed by atoms with van der Waals surface area (Å²) in [5.41, 5.74) is 7.47. The summed E-state index contributed by atoms with van der Waals surface area (Å²) in [6.07, 6.45) is 5.27. The molecule has 46 heavy (non-hydrogen) atoms. The summed E-state index contributed by atoms with van der Waals surface area (Å²) in [4.78, 5) is 42.0. The van der Waals surface area contributed by atoms with E-state index in [1.807, 2.05) is 32.6 Å². The van der Waals surface area contributed by atoms with Gasteiger partial charge in [0.1, 0.15) is 23.7 Å². The number of amides is 2. The number of nitrogens with two attached hydrogens (primary N) is 1.